The summed E-state index contributed by atoms with van der Waals surface area (Å²) in [6, 6.07) is 0. The molecule has 0 spiro atoms. The standard InChI is InChI=1S/C14H21N5S/c1-3-6-15-11-9-19-8-7-16-13(19)12(18-11)17-10-14(20-2)4-5-14/h7-9,15H,3-6,10H2,1-2H3,(H,17,18). The van der Waals surface area contributed by atoms with Gasteiger partial charge in [0, 0.05) is 30.2 Å². The zero-order chi connectivity index (χ0) is 14.0. The fraction of sp³-hybridized carbons (Fsp3) is 0.571. The van der Waals surface area contributed by atoms with E-state index in [1.165, 1.54) is 12.8 Å². The minimum Gasteiger partial charge on any atom is -0.369 e. The summed E-state index contributed by atoms with van der Waals surface area (Å²) in [6.45, 7) is 4.04. The molecule has 0 unspecified atom stereocenters. The van der Waals surface area contributed by atoms with Gasteiger partial charge in [0.25, 0.3) is 0 Å². The highest BCUT2D eigenvalue weighted by Gasteiger charge is 2.41. The van der Waals surface area contributed by atoms with Gasteiger partial charge in [0.15, 0.2) is 11.5 Å². The van der Waals surface area contributed by atoms with Gasteiger partial charge in [-0.2, -0.15) is 11.8 Å². The average molecular weight is 291 g/mol. The van der Waals surface area contributed by atoms with E-state index in [-0.39, 0.29) is 0 Å². The first-order valence-electron chi connectivity index (χ1n) is 7.13. The Kier molecular flexibility index (Phi) is 3.74. The van der Waals surface area contributed by atoms with Gasteiger partial charge in [-0.15, -0.1) is 0 Å². The maximum atomic E-state index is 4.66. The predicted molar refractivity (Wildman–Crippen MR) is 85.7 cm³/mol. The molecule has 5 nitrogen and oxygen atoms in total. The highest BCUT2D eigenvalue weighted by Crippen LogP contribution is 2.47. The van der Waals surface area contributed by atoms with Crippen LogP contribution in [0.2, 0.25) is 0 Å². The number of hydrogen-bond donors (Lipinski definition) is 2. The second kappa shape index (κ2) is 5.52. The second-order valence-electron chi connectivity index (χ2n) is 5.30. The zero-order valence-electron chi connectivity index (χ0n) is 12.0. The minimum absolute atomic E-state index is 0.415. The summed E-state index contributed by atoms with van der Waals surface area (Å²) >= 11 is 1.95. The average Bonchev–Trinajstić information content (AvgIpc) is 3.11. The monoisotopic (exact) mass is 291 g/mol. The van der Waals surface area contributed by atoms with Crippen LogP contribution in [0.5, 0.6) is 0 Å². The van der Waals surface area contributed by atoms with E-state index >= 15 is 0 Å². The van der Waals surface area contributed by atoms with Crippen LogP contribution in [0.3, 0.4) is 0 Å². The van der Waals surface area contributed by atoms with Gasteiger partial charge < -0.3 is 15.0 Å². The van der Waals surface area contributed by atoms with Crippen LogP contribution < -0.4 is 10.6 Å². The maximum absolute atomic E-state index is 4.66. The molecule has 1 saturated carbocycles. The van der Waals surface area contributed by atoms with Gasteiger partial charge in [-0.05, 0) is 25.5 Å². The molecule has 0 saturated heterocycles. The van der Waals surface area contributed by atoms with Crippen molar-refractivity contribution >= 4 is 29.0 Å². The predicted octanol–water partition coefficient (Wildman–Crippen LogP) is 2.86. The van der Waals surface area contributed by atoms with E-state index in [1.807, 2.05) is 34.8 Å². The molecule has 0 radical (unpaired) electrons. The zero-order valence-corrected chi connectivity index (χ0v) is 12.8. The van der Waals surface area contributed by atoms with Crippen molar-refractivity contribution in [2.24, 2.45) is 0 Å². The van der Waals surface area contributed by atoms with Gasteiger partial charge >= 0.3 is 0 Å². The van der Waals surface area contributed by atoms with Crippen LogP contribution in [0.15, 0.2) is 18.6 Å². The molecule has 0 atom stereocenters. The Morgan fingerprint density at radius 1 is 1.40 bits per heavy atom. The summed E-state index contributed by atoms with van der Waals surface area (Å²) in [5, 5.41) is 6.83. The third-order valence-electron chi connectivity index (χ3n) is 3.75. The van der Waals surface area contributed by atoms with Crippen molar-refractivity contribution in [1.82, 2.24) is 14.4 Å². The Balaban J connectivity index is 1.81. The lowest BCUT2D eigenvalue weighted by Gasteiger charge is -2.15. The van der Waals surface area contributed by atoms with Crippen LogP contribution in [0.4, 0.5) is 11.6 Å². The SMILES string of the molecule is CCCNc1cn2ccnc2c(NCC2(SC)CC2)n1. The van der Waals surface area contributed by atoms with Gasteiger partial charge in [0.05, 0.1) is 6.20 Å². The van der Waals surface area contributed by atoms with Crippen molar-refractivity contribution in [2.45, 2.75) is 30.9 Å². The molecule has 2 aromatic rings. The summed E-state index contributed by atoms with van der Waals surface area (Å²) in [4.78, 5) is 9.05. The van der Waals surface area contributed by atoms with Crippen molar-refractivity contribution in [3.8, 4) is 0 Å². The molecule has 0 amide bonds. The Morgan fingerprint density at radius 2 is 2.25 bits per heavy atom. The molecule has 1 fully saturated rings. The van der Waals surface area contributed by atoms with Gasteiger partial charge in [-0.3, -0.25) is 0 Å². The van der Waals surface area contributed by atoms with Crippen LogP contribution >= 0.6 is 11.8 Å². The molecule has 1 aliphatic carbocycles. The van der Waals surface area contributed by atoms with Gasteiger partial charge in [-0.25, -0.2) is 9.97 Å². The number of rotatable bonds is 7. The normalized spacial score (nSPS) is 16.3. The van der Waals surface area contributed by atoms with Crippen LogP contribution in [0.1, 0.15) is 26.2 Å². The van der Waals surface area contributed by atoms with E-state index in [1.54, 1.807) is 0 Å². The first-order chi connectivity index (χ1) is 9.76. The lowest BCUT2D eigenvalue weighted by Crippen LogP contribution is -2.19. The van der Waals surface area contributed by atoms with E-state index in [2.05, 4.69) is 33.8 Å². The number of hydrogen-bond acceptors (Lipinski definition) is 5. The Labute approximate surface area is 123 Å². The molecule has 0 aromatic carbocycles. The summed E-state index contributed by atoms with van der Waals surface area (Å²) in [5.41, 5.74) is 0.893. The first kappa shape index (κ1) is 13.5. The third kappa shape index (κ3) is 2.70. The number of nitrogens with zero attached hydrogens (tertiary/aromatic N) is 3. The Bertz CT molecular complexity index is 590. The highest BCUT2D eigenvalue weighted by atomic mass is 32.2. The van der Waals surface area contributed by atoms with E-state index in [0.29, 0.717) is 4.75 Å². The number of imidazole rings is 1. The van der Waals surface area contributed by atoms with Gasteiger partial charge in [-0.1, -0.05) is 6.92 Å². The van der Waals surface area contributed by atoms with Crippen LogP contribution in [0, 0.1) is 0 Å². The van der Waals surface area contributed by atoms with Crippen molar-refractivity contribution in [1.29, 1.82) is 0 Å². The number of anilines is 2. The van der Waals surface area contributed by atoms with Crippen molar-refractivity contribution in [3.63, 3.8) is 0 Å². The fourth-order valence-electron chi connectivity index (χ4n) is 2.23. The summed E-state index contributed by atoms with van der Waals surface area (Å²) in [5.74, 6) is 1.77. The minimum atomic E-state index is 0.415. The van der Waals surface area contributed by atoms with Crippen molar-refractivity contribution in [3.05, 3.63) is 18.6 Å². The molecule has 20 heavy (non-hydrogen) atoms. The molecule has 2 N–H and O–H groups in total. The molecule has 1 aliphatic rings. The second-order valence-corrected chi connectivity index (χ2v) is 6.57. The Hall–Kier alpha value is -1.43. The first-order valence-corrected chi connectivity index (χ1v) is 8.35. The maximum Gasteiger partial charge on any atom is 0.180 e. The summed E-state index contributed by atoms with van der Waals surface area (Å²) < 4.78 is 2.43. The number of thioether (sulfide) groups is 1. The van der Waals surface area contributed by atoms with Crippen molar-refractivity contribution < 1.29 is 0 Å². The lowest BCUT2D eigenvalue weighted by molar-refractivity contribution is 0.930. The molecule has 0 aliphatic heterocycles. The number of aromatic nitrogens is 3. The van der Waals surface area contributed by atoms with Crippen LogP contribution in [-0.2, 0) is 0 Å². The molecule has 6 heteroatoms. The van der Waals surface area contributed by atoms with Crippen LogP contribution in [-0.4, -0.2) is 38.5 Å². The van der Waals surface area contributed by atoms with E-state index in [0.717, 1.165) is 36.8 Å². The molecular formula is C14H21N5S. The molecule has 2 aromatic heterocycles. The van der Waals surface area contributed by atoms with Gasteiger partial charge in [0.2, 0.25) is 0 Å². The quantitative estimate of drug-likeness (QED) is 0.821. The van der Waals surface area contributed by atoms with Crippen molar-refractivity contribution in [2.75, 3.05) is 30.0 Å². The molecular weight excluding hydrogens is 270 g/mol. The molecule has 108 valence electrons. The van der Waals surface area contributed by atoms with Crippen LogP contribution in [0.25, 0.3) is 5.65 Å². The summed E-state index contributed by atoms with van der Waals surface area (Å²) in [6.07, 6.45) is 11.6. The summed E-state index contributed by atoms with van der Waals surface area (Å²) in [7, 11) is 0. The highest BCUT2D eigenvalue weighted by molar-refractivity contribution is 8.00. The molecule has 0 bridgehead atoms. The largest absolute Gasteiger partial charge is 0.369 e. The third-order valence-corrected chi connectivity index (χ3v) is 5.17. The number of fused-ring (bicyclic) bond motifs is 1. The molecule has 3 rings (SSSR count). The van der Waals surface area contributed by atoms with Gasteiger partial charge in [0.1, 0.15) is 5.82 Å². The van der Waals surface area contributed by atoms with E-state index < -0.39 is 0 Å². The smallest absolute Gasteiger partial charge is 0.180 e. The molecule has 2 heterocycles. The van der Waals surface area contributed by atoms with E-state index in [9.17, 15) is 0 Å². The Morgan fingerprint density at radius 3 is 2.95 bits per heavy atom. The lowest BCUT2D eigenvalue weighted by atomic mass is 10.4. The fourth-order valence-corrected chi connectivity index (χ4v) is 2.95. The number of nitrogens with one attached hydrogen (secondary N) is 2. The topological polar surface area (TPSA) is 54.2 Å². The van der Waals surface area contributed by atoms with E-state index in [4.69, 9.17) is 0 Å².